The van der Waals surface area contributed by atoms with Gasteiger partial charge in [0.2, 0.25) is 0 Å². The van der Waals surface area contributed by atoms with Gasteiger partial charge in [-0.15, -0.1) is 0 Å². The number of hydrogen-bond acceptors (Lipinski definition) is 4. The number of aliphatic carboxylic acids is 1. The number of carboxylic acid groups (broad SMARTS) is 1. The van der Waals surface area contributed by atoms with Gasteiger partial charge in [-0.3, -0.25) is 9.59 Å². The monoisotopic (exact) mass is 289 g/mol. The van der Waals surface area contributed by atoms with Crippen LogP contribution in [0.25, 0.3) is 0 Å². The van der Waals surface area contributed by atoms with Crippen LogP contribution in [-0.2, 0) is 18.3 Å². The lowest BCUT2D eigenvalue weighted by Gasteiger charge is -2.01. The molecule has 0 aliphatic rings. The van der Waals surface area contributed by atoms with Gasteiger partial charge in [0.15, 0.2) is 6.29 Å². The second-order valence-corrected chi connectivity index (χ2v) is 4.45. The van der Waals surface area contributed by atoms with E-state index in [2.05, 4.69) is 5.32 Å². The third-order valence-electron chi connectivity index (χ3n) is 2.76. The summed E-state index contributed by atoms with van der Waals surface area (Å²) < 4.78 is 1.68. The molecular formula is C15H19N3O3. The molecule has 0 unspecified atom stereocenters. The lowest BCUT2D eigenvalue weighted by Crippen LogP contribution is -2.00. The maximum Gasteiger partial charge on any atom is 0.307 e. The van der Waals surface area contributed by atoms with Crippen LogP contribution in [0.3, 0.4) is 0 Å². The van der Waals surface area contributed by atoms with Crippen molar-refractivity contribution in [3.05, 3.63) is 47.8 Å². The zero-order valence-electron chi connectivity index (χ0n) is 12.0. The van der Waals surface area contributed by atoms with E-state index >= 15 is 0 Å². The third-order valence-corrected chi connectivity index (χ3v) is 2.76. The molecule has 0 atom stereocenters. The standard InChI is InChI=1S/C9H11NO2.C6H8N2O/c1-10-8-4-2-3-7(5-8)6-9(11)12;1-8-3-5(7)2-6(8)4-9/h2-5,10H,6H2,1H3,(H,11,12);2-4H,7H2,1H3. The Bertz CT molecular complexity index is 620. The molecule has 2 rings (SSSR count). The number of nitrogens with two attached hydrogens (primary N) is 1. The van der Waals surface area contributed by atoms with Crippen LogP contribution in [0.5, 0.6) is 0 Å². The molecule has 0 bridgehead atoms. The Labute approximate surface area is 123 Å². The molecule has 0 saturated carbocycles. The number of carbonyl (C=O) groups excluding carboxylic acids is 1. The smallest absolute Gasteiger partial charge is 0.307 e. The number of aromatic nitrogens is 1. The number of nitrogens with zero attached hydrogens (tertiary/aromatic N) is 1. The van der Waals surface area contributed by atoms with Crippen molar-refractivity contribution in [2.45, 2.75) is 6.42 Å². The molecule has 0 aliphatic heterocycles. The van der Waals surface area contributed by atoms with Crippen LogP contribution in [0.15, 0.2) is 36.5 Å². The summed E-state index contributed by atoms with van der Waals surface area (Å²) in [5.41, 5.74) is 8.36. The van der Waals surface area contributed by atoms with E-state index < -0.39 is 5.97 Å². The first-order valence-electron chi connectivity index (χ1n) is 6.31. The molecule has 0 saturated heterocycles. The molecular weight excluding hydrogens is 270 g/mol. The van der Waals surface area contributed by atoms with Gasteiger partial charge < -0.3 is 20.7 Å². The average Bonchev–Trinajstić information content (AvgIpc) is 2.77. The Balaban J connectivity index is 0.000000219. The van der Waals surface area contributed by atoms with Gasteiger partial charge in [0.05, 0.1) is 17.8 Å². The minimum absolute atomic E-state index is 0.0789. The molecule has 112 valence electrons. The normalized spacial score (nSPS) is 9.43. The lowest BCUT2D eigenvalue weighted by molar-refractivity contribution is -0.136. The Hall–Kier alpha value is -2.76. The quantitative estimate of drug-likeness (QED) is 0.745. The van der Waals surface area contributed by atoms with E-state index in [9.17, 15) is 9.59 Å². The molecule has 0 aliphatic carbocycles. The highest BCUT2D eigenvalue weighted by molar-refractivity contribution is 5.74. The van der Waals surface area contributed by atoms with Gasteiger partial charge in [-0.1, -0.05) is 12.1 Å². The van der Waals surface area contributed by atoms with E-state index in [1.807, 2.05) is 18.2 Å². The lowest BCUT2D eigenvalue weighted by atomic mass is 10.1. The highest BCUT2D eigenvalue weighted by Gasteiger charge is 1.99. The van der Waals surface area contributed by atoms with Crippen molar-refractivity contribution in [3.8, 4) is 0 Å². The maximum atomic E-state index is 10.3. The molecule has 1 aromatic heterocycles. The van der Waals surface area contributed by atoms with E-state index in [1.165, 1.54) is 0 Å². The van der Waals surface area contributed by atoms with Gasteiger partial charge in [-0.25, -0.2) is 0 Å². The molecule has 0 radical (unpaired) electrons. The SMILES string of the molecule is CNc1cccc(CC(=O)O)c1.Cn1cc(N)cc1C=O. The number of hydrogen-bond donors (Lipinski definition) is 3. The van der Waals surface area contributed by atoms with Crippen LogP contribution in [-0.4, -0.2) is 29.0 Å². The maximum absolute atomic E-state index is 10.3. The number of nitrogen functional groups attached to an aromatic ring is 1. The van der Waals surface area contributed by atoms with Crippen molar-refractivity contribution < 1.29 is 14.7 Å². The fourth-order valence-electron chi connectivity index (χ4n) is 1.74. The number of carboxylic acids is 1. The van der Waals surface area contributed by atoms with Crippen LogP contribution in [0.4, 0.5) is 11.4 Å². The highest BCUT2D eigenvalue weighted by Crippen LogP contribution is 2.09. The Morgan fingerprint density at radius 1 is 1.43 bits per heavy atom. The summed E-state index contributed by atoms with van der Waals surface area (Å²) in [6.07, 6.45) is 2.55. The molecule has 0 spiro atoms. The second kappa shape index (κ2) is 7.74. The van der Waals surface area contributed by atoms with Crippen molar-refractivity contribution in [2.24, 2.45) is 7.05 Å². The summed E-state index contributed by atoms with van der Waals surface area (Å²) in [5.74, 6) is -0.803. The fourth-order valence-corrected chi connectivity index (χ4v) is 1.74. The van der Waals surface area contributed by atoms with Crippen LogP contribution >= 0.6 is 0 Å². The zero-order chi connectivity index (χ0) is 15.8. The van der Waals surface area contributed by atoms with Crippen LogP contribution < -0.4 is 11.1 Å². The van der Waals surface area contributed by atoms with E-state index in [4.69, 9.17) is 10.8 Å². The Morgan fingerprint density at radius 3 is 2.57 bits per heavy atom. The highest BCUT2D eigenvalue weighted by atomic mass is 16.4. The number of rotatable bonds is 4. The first-order valence-corrected chi connectivity index (χ1v) is 6.31. The minimum atomic E-state index is -0.803. The Morgan fingerprint density at radius 2 is 2.14 bits per heavy atom. The molecule has 1 heterocycles. The largest absolute Gasteiger partial charge is 0.481 e. The average molecular weight is 289 g/mol. The van der Waals surface area contributed by atoms with Gasteiger partial charge >= 0.3 is 5.97 Å². The molecule has 0 amide bonds. The van der Waals surface area contributed by atoms with Crippen LogP contribution in [0, 0.1) is 0 Å². The number of aryl methyl sites for hydroxylation is 1. The first kappa shape index (κ1) is 16.3. The van der Waals surface area contributed by atoms with Crippen molar-refractivity contribution >= 4 is 23.6 Å². The Kier molecular flexibility index (Phi) is 6.00. The van der Waals surface area contributed by atoms with Gasteiger partial charge in [0, 0.05) is 26.0 Å². The van der Waals surface area contributed by atoms with Gasteiger partial charge in [0.25, 0.3) is 0 Å². The molecule has 2 aromatic rings. The summed E-state index contributed by atoms with van der Waals surface area (Å²) in [6, 6.07) is 8.99. The van der Waals surface area contributed by atoms with Crippen LogP contribution in [0.2, 0.25) is 0 Å². The molecule has 4 N–H and O–H groups in total. The van der Waals surface area contributed by atoms with E-state index in [0.29, 0.717) is 11.4 Å². The van der Waals surface area contributed by atoms with E-state index in [-0.39, 0.29) is 6.42 Å². The van der Waals surface area contributed by atoms with Gasteiger partial charge in [-0.2, -0.15) is 0 Å². The molecule has 6 nitrogen and oxygen atoms in total. The predicted octanol–water partition coefficient (Wildman–Crippen LogP) is 1.78. The summed E-state index contributed by atoms with van der Waals surface area (Å²) in [5, 5.41) is 11.5. The second-order valence-electron chi connectivity index (χ2n) is 4.45. The predicted molar refractivity (Wildman–Crippen MR) is 82.5 cm³/mol. The number of anilines is 2. The van der Waals surface area contributed by atoms with E-state index in [1.54, 1.807) is 37.0 Å². The molecule has 0 fully saturated rings. The summed E-state index contributed by atoms with van der Waals surface area (Å²) in [4.78, 5) is 20.5. The summed E-state index contributed by atoms with van der Waals surface area (Å²) in [7, 11) is 3.58. The fraction of sp³-hybridized carbons (Fsp3) is 0.200. The number of aldehydes is 1. The van der Waals surface area contributed by atoms with E-state index in [0.717, 1.165) is 17.5 Å². The third kappa shape index (κ3) is 5.40. The summed E-state index contributed by atoms with van der Waals surface area (Å²) in [6.45, 7) is 0. The van der Waals surface area contributed by atoms with Gasteiger partial charge in [0.1, 0.15) is 0 Å². The molecule has 6 heteroatoms. The van der Waals surface area contributed by atoms with Crippen LogP contribution in [0.1, 0.15) is 16.1 Å². The summed E-state index contributed by atoms with van der Waals surface area (Å²) >= 11 is 0. The van der Waals surface area contributed by atoms with Gasteiger partial charge in [-0.05, 0) is 23.8 Å². The van der Waals surface area contributed by atoms with Crippen molar-refractivity contribution in [1.29, 1.82) is 0 Å². The number of carbonyl (C=O) groups is 2. The molecule has 1 aromatic carbocycles. The number of nitrogens with one attached hydrogen (secondary N) is 1. The minimum Gasteiger partial charge on any atom is -0.481 e. The molecule has 21 heavy (non-hydrogen) atoms. The number of benzene rings is 1. The van der Waals surface area contributed by atoms with Crippen molar-refractivity contribution in [1.82, 2.24) is 4.57 Å². The topological polar surface area (TPSA) is 97.3 Å². The zero-order valence-corrected chi connectivity index (χ0v) is 12.0. The van der Waals surface area contributed by atoms with Crippen molar-refractivity contribution in [3.63, 3.8) is 0 Å². The van der Waals surface area contributed by atoms with Crippen molar-refractivity contribution in [2.75, 3.05) is 18.1 Å². The first-order chi connectivity index (χ1) is 9.96.